The standard InChI is InChI=1S/C49H30OS/c1-49(2)44-39(42-33-19-8-7-18-32(33)41-30-16-5-3-13-27(30)28-14-4-6-17-31(28)43(41)45(42)49)26-25-38-37-23-12-22-36(47(37)51-48(38)44)35-21-11-20-34-29-15-9-10-24-40(29)50-46(34)35/h3-26H,1-2H3. The Morgan fingerprint density at radius 1 is 0.392 bits per heavy atom. The summed E-state index contributed by atoms with van der Waals surface area (Å²) in [6.07, 6.45) is 0. The number of hydrogen-bond donors (Lipinski definition) is 0. The largest absolute Gasteiger partial charge is 0.455 e. The van der Waals surface area contributed by atoms with Crippen molar-refractivity contribution < 1.29 is 4.42 Å². The van der Waals surface area contributed by atoms with Gasteiger partial charge in [0.1, 0.15) is 11.2 Å². The second kappa shape index (κ2) is 9.63. The Morgan fingerprint density at radius 2 is 0.941 bits per heavy atom. The molecule has 1 aliphatic carbocycles. The van der Waals surface area contributed by atoms with Crippen LogP contribution in [0.1, 0.15) is 25.0 Å². The zero-order valence-electron chi connectivity index (χ0n) is 28.2. The van der Waals surface area contributed by atoms with E-state index >= 15 is 0 Å². The Bertz CT molecular complexity index is 3330. The molecule has 0 saturated carbocycles. The zero-order valence-corrected chi connectivity index (χ0v) is 29.0. The van der Waals surface area contributed by atoms with Gasteiger partial charge in [-0.15, -0.1) is 11.3 Å². The Morgan fingerprint density at radius 3 is 1.69 bits per heavy atom. The van der Waals surface area contributed by atoms with Crippen molar-refractivity contribution in [1.82, 2.24) is 0 Å². The van der Waals surface area contributed by atoms with Gasteiger partial charge in [-0.25, -0.2) is 0 Å². The maximum absolute atomic E-state index is 6.56. The van der Waals surface area contributed by atoms with Gasteiger partial charge in [-0.2, -0.15) is 0 Å². The molecule has 0 radical (unpaired) electrons. The summed E-state index contributed by atoms with van der Waals surface area (Å²) in [6.45, 7) is 4.94. The van der Waals surface area contributed by atoms with Crippen LogP contribution in [0.4, 0.5) is 0 Å². The van der Waals surface area contributed by atoms with E-state index in [1.807, 2.05) is 11.3 Å². The molecule has 1 nitrogen and oxygen atoms in total. The summed E-state index contributed by atoms with van der Waals surface area (Å²) in [5.41, 5.74) is 9.68. The van der Waals surface area contributed by atoms with E-state index in [0.29, 0.717) is 0 Å². The number of para-hydroxylation sites is 2. The molecule has 2 heterocycles. The molecule has 12 rings (SSSR count). The van der Waals surface area contributed by atoms with Crippen LogP contribution in [0, 0.1) is 0 Å². The van der Waals surface area contributed by atoms with Crippen molar-refractivity contribution in [1.29, 1.82) is 0 Å². The van der Waals surface area contributed by atoms with Gasteiger partial charge < -0.3 is 4.42 Å². The molecular weight excluding hydrogens is 637 g/mol. The predicted molar refractivity (Wildman–Crippen MR) is 220 cm³/mol. The molecule has 0 fully saturated rings. The Hall–Kier alpha value is -5.96. The summed E-state index contributed by atoms with van der Waals surface area (Å²) in [4.78, 5) is 0. The first-order valence-corrected chi connectivity index (χ1v) is 18.6. The minimum atomic E-state index is -0.239. The van der Waals surface area contributed by atoms with Crippen molar-refractivity contribution in [2.75, 3.05) is 0 Å². The lowest BCUT2D eigenvalue weighted by Gasteiger charge is -2.26. The quantitative estimate of drug-likeness (QED) is 0.159. The van der Waals surface area contributed by atoms with Crippen LogP contribution in [-0.4, -0.2) is 0 Å². The topological polar surface area (TPSA) is 13.1 Å². The minimum absolute atomic E-state index is 0.239. The third-order valence-corrected chi connectivity index (χ3v) is 13.1. The molecule has 0 amide bonds. The average molecular weight is 667 g/mol. The monoisotopic (exact) mass is 666 g/mol. The predicted octanol–water partition coefficient (Wildman–Crippen LogP) is 14.5. The molecule has 0 atom stereocenters. The van der Waals surface area contributed by atoms with Crippen LogP contribution in [0.2, 0.25) is 0 Å². The number of benzene rings is 9. The van der Waals surface area contributed by atoms with Crippen LogP contribution >= 0.6 is 11.3 Å². The van der Waals surface area contributed by atoms with E-state index in [2.05, 4.69) is 159 Å². The average Bonchev–Trinajstić information content (AvgIpc) is 3.82. The van der Waals surface area contributed by atoms with E-state index in [1.165, 1.54) is 91.1 Å². The zero-order chi connectivity index (χ0) is 33.6. The first kappa shape index (κ1) is 27.8. The first-order chi connectivity index (χ1) is 25.1. The molecule has 0 saturated heterocycles. The molecule has 0 bridgehead atoms. The van der Waals surface area contributed by atoms with Gasteiger partial charge in [0.15, 0.2) is 0 Å². The maximum Gasteiger partial charge on any atom is 0.143 e. The Balaban J connectivity index is 1.22. The van der Waals surface area contributed by atoms with Crippen molar-refractivity contribution in [2.24, 2.45) is 0 Å². The summed E-state index contributed by atoms with van der Waals surface area (Å²) in [7, 11) is 0. The highest BCUT2D eigenvalue weighted by Crippen LogP contribution is 2.60. The lowest BCUT2D eigenvalue weighted by Crippen LogP contribution is -2.16. The van der Waals surface area contributed by atoms with E-state index in [0.717, 1.165) is 27.5 Å². The Labute approximate surface area is 298 Å². The summed E-state index contributed by atoms with van der Waals surface area (Å²) in [5, 5.41) is 15.7. The molecular formula is C49H30OS. The lowest BCUT2D eigenvalue weighted by molar-refractivity contribution is 0.670. The SMILES string of the molecule is CC1(C)c2c(ccc3c2sc2c(-c4cccc5c4oc4ccccc45)cccc23)-c2c1c1c3ccccc3c3ccccc3c1c1ccccc21. The highest BCUT2D eigenvalue weighted by Gasteiger charge is 2.41. The van der Waals surface area contributed by atoms with Crippen molar-refractivity contribution in [3.8, 4) is 22.3 Å². The summed E-state index contributed by atoms with van der Waals surface area (Å²) < 4.78 is 9.26. The normalized spacial score (nSPS) is 13.8. The smallest absolute Gasteiger partial charge is 0.143 e. The molecule has 2 aromatic heterocycles. The molecule has 51 heavy (non-hydrogen) atoms. The molecule has 0 spiro atoms. The van der Waals surface area contributed by atoms with Crippen molar-refractivity contribution in [3.63, 3.8) is 0 Å². The van der Waals surface area contributed by atoms with Crippen LogP contribution in [0.5, 0.6) is 0 Å². The first-order valence-electron chi connectivity index (χ1n) is 17.8. The molecule has 0 N–H and O–H groups in total. The third-order valence-electron chi connectivity index (χ3n) is 11.8. The van der Waals surface area contributed by atoms with E-state index < -0.39 is 0 Å². The van der Waals surface area contributed by atoms with Gasteiger partial charge in [-0.1, -0.05) is 153 Å². The van der Waals surface area contributed by atoms with Crippen molar-refractivity contribution >= 4 is 96.5 Å². The number of fused-ring (bicyclic) bond motifs is 20. The van der Waals surface area contributed by atoms with Gasteiger partial charge in [0.2, 0.25) is 0 Å². The van der Waals surface area contributed by atoms with Crippen LogP contribution in [0.25, 0.3) is 107 Å². The summed E-state index contributed by atoms with van der Waals surface area (Å²) in [5.74, 6) is 0. The maximum atomic E-state index is 6.56. The summed E-state index contributed by atoms with van der Waals surface area (Å²) in [6, 6.07) is 53.7. The molecule has 238 valence electrons. The number of thiophene rings is 1. The minimum Gasteiger partial charge on any atom is -0.455 e. The molecule has 1 aliphatic rings. The fourth-order valence-electron chi connectivity index (χ4n) is 9.75. The van der Waals surface area contributed by atoms with Gasteiger partial charge >= 0.3 is 0 Å². The molecule has 9 aromatic carbocycles. The van der Waals surface area contributed by atoms with Gasteiger partial charge in [-0.05, 0) is 71.4 Å². The second-order valence-corrected chi connectivity index (χ2v) is 15.7. The fraction of sp³-hybridized carbons (Fsp3) is 0.0612. The van der Waals surface area contributed by atoms with Crippen LogP contribution in [0.15, 0.2) is 150 Å². The van der Waals surface area contributed by atoms with Crippen molar-refractivity contribution in [3.05, 3.63) is 157 Å². The van der Waals surface area contributed by atoms with Gasteiger partial charge in [-0.3, -0.25) is 0 Å². The van der Waals surface area contributed by atoms with Gasteiger partial charge in [0, 0.05) is 47.5 Å². The van der Waals surface area contributed by atoms with Crippen LogP contribution in [0.3, 0.4) is 0 Å². The second-order valence-electron chi connectivity index (χ2n) is 14.7. The highest BCUT2D eigenvalue weighted by molar-refractivity contribution is 7.26. The lowest BCUT2D eigenvalue weighted by atomic mass is 9.77. The van der Waals surface area contributed by atoms with Crippen LogP contribution in [-0.2, 0) is 5.41 Å². The van der Waals surface area contributed by atoms with Gasteiger partial charge in [0.25, 0.3) is 0 Å². The number of hydrogen-bond acceptors (Lipinski definition) is 2. The summed E-state index contributed by atoms with van der Waals surface area (Å²) >= 11 is 1.95. The van der Waals surface area contributed by atoms with Gasteiger partial charge in [0.05, 0.1) is 0 Å². The van der Waals surface area contributed by atoms with Crippen LogP contribution < -0.4 is 0 Å². The molecule has 0 aliphatic heterocycles. The molecule has 2 heteroatoms. The Kier molecular flexibility index (Phi) is 5.25. The van der Waals surface area contributed by atoms with E-state index in [-0.39, 0.29) is 5.41 Å². The van der Waals surface area contributed by atoms with Crippen molar-refractivity contribution in [2.45, 2.75) is 19.3 Å². The highest BCUT2D eigenvalue weighted by atomic mass is 32.1. The van der Waals surface area contributed by atoms with E-state index in [4.69, 9.17) is 4.42 Å². The van der Waals surface area contributed by atoms with E-state index in [9.17, 15) is 0 Å². The molecule has 0 unspecified atom stereocenters. The fourth-order valence-corrected chi connectivity index (χ4v) is 11.3. The number of furan rings is 1. The third kappa shape index (κ3) is 3.41. The molecule has 11 aromatic rings. The van der Waals surface area contributed by atoms with E-state index in [1.54, 1.807) is 0 Å². The number of rotatable bonds is 1.